The minimum atomic E-state index is -0.591. The number of halogens is 1. The van der Waals surface area contributed by atoms with Gasteiger partial charge >= 0.3 is 5.97 Å². The molecular weight excluding hydrogens is 247 g/mol. The van der Waals surface area contributed by atoms with Crippen molar-refractivity contribution in [3.63, 3.8) is 0 Å². The molecule has 3 nitrogen and oxygen atoms in total. The van der Waals surface area contributed by atoms with E-state index in [0.29, 0.717) is 12.0 Å². The molecule has 19 heavy (non-hydrogen) atoms. The summed E-state index contributed by atoms with van der Waals surface area (Å²) in [4.78, 5) is 11.6. The highest BCUT2D eigenvalue weighted by Gasteiger charge is 2.24. The molecule has 0 aliphatic carbocycles. The zero-order valence-electron chi connectivity index (χ0n) is 11.7. The van der Waals surface area contributed by atoms with E-state index in [2.05, 4.69) is 0 Å². The second-order valence-corrected chi connectivity index (χ2v) is 4.48. The van der Waals surface area contributed by atoms with Gasteiger partial charge in [0, 0.05) is 19.1 Å². The monoisotopic (exact) mass is 268 g/mol. The Morgan fingerprint density at radius 2 is 2.05 bits per heavy atom. The molecule has 0 radical (unpaired) electrons. The van der Waals surface area contributed by atoms with E-state index < -0.39 is 12.2 Å². The minimum Gasteiger partial charge on any atom is -0.460 e. The summed E-state index contributed by atoms with van der Waals surface area (Å²) in [7, 11) is 1.48. The van der Waals surface area contributed by atoms with Gasteiger partial charge in [0.25, 0.3) is 0 Å². The lowest BCUT2D eigenvalue weighted by molar-refractivity contribution is -0.155. The molecule has 0 N–H and O–H groups in total. The van der Waals surface area contributed by atoms with Gasteiger partial charge in [0.1, 0.15) is 18.0 Å². The molecule has 106 valence electrons. The number of carbonyl (C=O) groups excluding carboxylic acids is 1. The molecule has 2 atom stereocenters. The molecule has 0 aliphatic rings. The van der Waals surface area contributed by atoms with Gasteiger partial charge in [-0.3, -0.25) is 4.79 Å². The van der Waals surface area contributed by atoms with Crippen LogP contribution in [0.4, 0.5) is 4.39 Å². The van der Waals surface area contributed by atoms with E-state index in [9.17, 15) is 9.18 Å². The molecule has 0 saturated carbocycles. The van der Waals surface area contributed by atoms with E-state index in [-0.39, 0.29) is 11.8 Å². The van der Waals surface area contributed by atoms with Gasteiger partial charge < -0.3 is 9.47 Å². The van der Waals surface area contributed by atoms with Crippen LogP contribution >= 0.6 is 0 Å². The number of benzene rings is 1. The Morgan fingerprint density at radius 3 is 2.63 bits per heavy atom. The molecule has 0 heterocycles. The molecule has 0 aromatic heterocycles. The van der Waals surface area contributed by atoms with E-state index in [4.69, 9.17) is 9.47 Å². The Hall–Kier alpha value is -1.42. The molecule has 0 saturated heterocycles. The first-order valence-corrected chi connectivity index (χ1v) is 6.56. The van der Waals surface area contributed by atoms with Gasteiger partial charge in [-0.15, -0.1) is 0 Å². The standard InChI is InChI=1S/C15H21FO3/c1-4-5-10-14(17)19-11(2)15(18-3)12-8-6-7-9-13(12)16/h6-9,11,15H,4-5,10H2,1-3H3/t11-,15+/m0/s1. The molecule has 0 fully saturated rings. The van der Waals surface area contributed by atoms with E-state index in [1.807, 2.05) is 6.92 Å². The van der Waals surface area contributed by atoms with Crippen LogP contribution in [0.25, 0.3) is 0 Å². The first-order chi connectivity index (χ1) is 9.10. The van der Waals surface area contributed by atoms with Crippen LogP contribution in [0.3, 0.4) is 0 Å². The lowest BCUT2D eigenvalue weighted by Crippen LogP contribution is -2.24. The average molecular weight is 268 g/mol. The predicted molar refractivity (Wildman–Crippen MR) is 71.2 cm³/mol. The maximum absolute atomic E-state index is 13.7. The fourth-order valence-electron chi connectivity index (χ4n) is 1.93. The fraction of sp³-hybridized carbons (Fsp3) is 0.533. The van der Waals surface area contributed by atoms with Crippen molar-refractivity contribution >= 4 is 5.97 Å². The lowest BCUT2D eigenvalue weighted by Gasteiger charge is -2.23. The number of esters is 1. The normalized spacial score (nSPS) is 13.9. The fourth-order valence-corrected chi connectivity index (χ4v) is 1.93. The van der Waals surface area contributed by atoms with Crippen molar-refractivity contribution in [1.82, 2.24) is 0 Å². The summed E-state index contributed by atoms with van der Waals surface area (Å²) in [5.74, 6) is -0.626. The largest absolute Gasteiger partial charge is 0.460 e. The van der Waals surface area contributed by atoms with Crippen LogP contribution in [0, 0.1) is 5.82 Å². The number of hydrogen-bond acceptors (Lipinski definition) is 3. The van der Waals surface area contributed by atoms with Crippen LogP contribution in [0.15, 0.2) is 24.3 Å². The van der Waals surface area contributed by atoms with Gasteiger partial charge in [-0.2, -0.15) is 0 Å². The third-order valence-corrected chi connectivity index (χ3v) is 2.94. The number of unbranched alkanes of at least 4 members (excludes halogenated alkanes) is 1. The summed E-state index contributed by atoms with van der Waals surface area (Å²) in [6.07, 6.45) is 1.00. The van der Waals surface area contributed by atoms with Crippen molar-refractivity contribution in [3.8, 4) is 0 Å². The highest BCUT2D eigenvalue weighted by Crippen LogP contribution is 2.25. The Balaban J connectivity index is 2.69. The van der Waals surface area contributed by atoms with E-state index in [1.54, 1.807) is 25.1 Å². The van der Waals surface area contributed by atoms with Crippen molar-refractivity contribution in [3.05, 3.63) is 35.6 Å². The van der Waals surface area contributed by atoms with Crippen molar-refractivity contribution in [2.24, 2.45) is 0 Å². The van der Waals surface area contributed by atoms with E-state index in [0.717, 1.165) is 12.8 Å². The summed E-state index contributed by atoms with van der Waals surface area (Å²) >= 11 is 0. The van der Waals surface area contributed by atoms with Gasteiger partial charge in [-0.25, -0.2) is 4.39 Å². The van der Waals surface area contributed by atoms with Crippen LogP contribution in [0.5, 0.6) is 0 Å². The van der Waals surface area contributed by atoms with Crippen molar-refractivity contribution in [2.75, 3.05) is 7.11 Å². The predicted octanol–water partition coefficient (Wildman–Crippen LogP) is 3.64. The van der Waals surface area contributed by atoms with Crippen LogP contribution in [-0.4, -0.2) is 19.2 Å². The molecule has 1 rings (SSSR count). The van der Waals surface area contributed by atoms with E-state index in [1.165, 1.54) is 13.2 Å². The quantitative estimate of drug-likeness (QED) is 0.708. The van der Waals surface area contributed by atoms with Crippen LogP contribution < -0.4 is 0 Å². The highest BCUT2D eigenvalue weighted by molar-refractivity contribution is 5.69. The van der Waals surface area contributed by atoms with Gasteiger partial charge in [0.2, 0.25) is 0 Å². The molecule has 0 amide bonds. The number of ether oxygens (including phenoxy) is 2. The van der Waals surface area contributed by atoms with Crippen molar-refractivity contribution < 1.29 is 18.7 Å². The number of rotatable bonds is 7. The Kier molecular flexibility index (Phi) is 6.50. The average Bonchev–Trinajstić information content (AvgIpc) is 2.39. The smallest absolute Gasteiger partial charge is 0.306 e. The minimum absolute atomic E-state index is 0.271. The zero-order valence-corrected chi connectivity index (χ0v) is 11.7. The first kappa shape index (κ1) is 15.6. The Morgan fingerprint density at radius 1 is 1.37 bits per heavy atom. The second-order valence-electron chi connectivity index (χ2n) is 4.48. The third kappa shape index (κ3) is 4.63. The Bertz CT molecular complexity index is 406. The van der Waals surface area contributed by atoms with Gasteiger partial charge in [0.05, 0.1) is 0 Å². The maximum atomic E-state index is 13.7. The van der Waals surface area contributed by atoms with Crippen LogP contribution in [0.2, 0.25) is 0 Å². The van der Waals surface area contributed by atoms with Gasteiger partial charge in [0.15, 0.2) is 0 Å². The topological polar surface area (TPSA) is 35.5 Å². The van der Waals surface area contributed by atoms with Crippen LogP contribution in [-0.2, 0) is 14.3 Å². The van der Waals surface area contributed by atoms with Crippen LogP contribution in [0.1, 0.15) is 44.8 Å². The molecule has 1 aromatic rings. The molecule has 1 aromatic carbocycles. The zero-order chi connectivity index (χ0) is 14.3. The molecule has 0 bridgehead atoms. The highest BCUT2D eigenvalue weighted by atomic mass is 19.1. The molecule has 4 heteroatoms. The van der Waals surface area contributed by atoms with E-state index >= 15 is 0 Å². The summed E-state index contributed by atoms with van der Waals surface area (Å²) in [6, 6.07) is 6.35. The summed E-state index contributed by atoms with van der Waals surface area (Å²) < 4.78 is 24.3. The Labute approximate surface area is 113 Å². The van der Waals surface area contributed by atoms with Gasteiger partial charge in [-0.1, -0.05) is 31.5 Å². The summed E-state index contributed by atoms with van der Waals surface area (Å²) in [5, 5.41) is 0. The molecule has 0 spiro atoms. The molecule has 0 unspecified atom stereocenters. The molecular formula is C15H21FO3. The number of carbonyl (C=O) groups is 1. The maximum Gasteiger partial charge on any atom is 0.306 e. The summed E-state index contributed by atoms with van der Waals surface area (Å²) in [5.41, 5.74) is 0.404. The number of methoxy groups -OCH3 is 1. The first-order valence-electron chi connectivity index (χ1n) is 6.56. The lowest BCUT2D eigenvalue weighted by atomic mass is 10.0. The second kappa shape index (κ2) is 7.89. The SMILES string of the molecule is CCCCC(=O)O[C@@H](C)[C@@H](OC)c1ccccc1F. The van der Waals surface area contributed by atoms with Crippen molar-refractivity contribution in [2.45, 2.75) is 45.3 Å². The number of hydrogen-bond donors (Lipinski definition) is 0. The van der Waals surface area contributed by atoms with Gasteiger partial charge in [-0.05, 0) is 19.4 Å². The third-order valence-electron chi connectivity index (χ3n) is 2.94. The van der Waals surface area contributed by atoms with Crippen molar-refractivity contribution in [1.29, 1.82) is 0 Å². The molecule has 0 aliphatic heterocycles. The summed E-state index contributed by atoms with van der Waals surface area (Å²) in [6.45, 7) is 3.72.